The summed E-state index contributed by atoms with van der Waals surface area (Å²) in [5.74, 6) is -3.60. The van der Waals surface area contributed by atoms with Gasteiger partial charge in [-0.25, -0.2) is 9.13 Å². The second-order valence-corrected chi connectivity index (χ2v) is 37.2. The van der Waals surface area contributed by atoms with Crippen LogP contribution in [0.5, 0.6) is 0 Å². The number of aliphatic hydroxyl groups is 5. The van der Waals surface area contributed by atoms with Crippen LogP contribution in [0.25, 0.3) is 0 Å². The summed E-state index contributed by atoms with van der Waals surface area (Å²) >= 11 is 0. The van der Waals surface area contributed by atoms with Gasteiger partial charge in [0.1, 0.15) is 48.7 Å². The molecule has 2 heterocycles. The van der Waals surface area contributed by atoms with Gasteiger partial charge in [0.2, 0.25) is 5.91 Å². The lowest BCUT2D eigenvalue weighted by atomic mass is 9.94. The van der Waals surface area contributed by atoms with Gasteiger partial charge in [-0.05, 0) is 316 Å². The Labute approximate surface area is 720 Å². The van der Waals surface area contributed by atoms with Crippen molar-refractivity contribution in [1.29, 1.82) is 0 Å². The molecule has 2 saturated heterocycles. The van der Waals surface area contributed by atoms with E-state index in [1.54, 1.807) is 0 Å². The number of halogens is 3. The molecule has 19 nitrogen and oxygen atoms in total. The van der Waals surface area contributed by atoms with Gasteiger partial charge >= 0.3 is 27.7 Å². The number of carbonyl (C=O) groups is 2. The topological polar surface area (TPSA) is 289 Å². The van der Waals surface area contributed by atoms with Crippen LogP contribution in [0.4, 0.5) is 13.2 Å². The predicted octanol–water partition coefficient (Wildman–Crippen LogP) is 23.6. The third-order valence-corrected chi connectivity index (χ3v) is 24.5. The minimum Gasteiger partial charge on any atom is -0.394 e. The molecule has 2 rings (SSSR count). The SMILES string of the molecule is CC(=O)N[C@H]1[C@H](O[C@H]2[C@H](O)[C@@H](NC(=O)C(F)(F)F)[C@@H](OP(=O)(O)OP(=O)(O)OCCC(C)CC/C=C(\C)CC/C=C(\C)CC/C=C(\C)CC/C=C(\C)CC/C=C(\C)CC/C=C(\C)CC/C=C(\C)CC/C=C(\C)CC/C=C(\C)CC/C=C(\C)CC/C=C(\C)CC/C=C(\C)CC/C=C(\C)CC/C=C(\C)CCC=C(C)C)O[C@@H]2CO)O[C@H](CO)[C@@H](O)[C@@H]1O. The highest BCUT2D eigenvalue weighted by Gasteiger charge is 2.55. The fourth-order valence-electron chi connectivity index (χ4n) is 14.0. The average Bonchev–Trinajstić information content (AvgIpc) is 0.770. The van der Waals surface area contributed by atoms with Crippen molar-refractivity contribution in [2.75, 3.05) is 19.8 Å². The van der Waals surface area contributed by atoms with Crippen LogP contribution < -0.4 is 10.6 Å². The molecule has 2 aliphatic heterocycles. The van der Waals surface area contributed by atoms with E-state index in [2.05, 4.69) is 212 Å². The molecule has 2 fully saturated rings. The lowest BCUT2D eigenvalue weighted by Crippen LogP contribution is -2.69. The predicted molar refractivity (Wildman–Crippen MR) is 482 cm³/mol. The Morgan fingerprint density at radius 3 is 0.933 bits per heavy atom. The normalized spacial score (nSPS) is 23.1. The number of rotatable bonds is 59. The summed E-state index contributed by atoms with van der Waals surface area (Å²) in [6.45, 7) is 36.2. The maximum Gasteiger partial charge on any atom is 0.483 e. The quantitative estimate of drug-likeness (QED) is 0.0202. The molecule has 0 saturated carbocycles. The van der Waals surface area contributed by atoms with Crippen LogP contribution in [0, 0.1) is 5.92 Å². The highest BCUT2D eigenvalue weighted by atomic mass is 31.3. The second-order valence-electron chi connectivity index (χ2n) is 34.2. The van der Waals surface area contributed by atoms with Gasteiger partial charge in [-0.2, -0.15) is 17.5 Å². The molecule has 0 aromatic carbocycles. The van der Waals surface area contributed by atoms with Crippen LogP contribution in [0.1, 0.15) is 324 Å². The van der Waals surface area contributed by atoms with Crippen molar-refractivity contribution in [1.82, 2.24) is 10.6 Å². The number of aliphatic hydroxyl groups excluding tert-OH is 5. The van der Waals surface area contributed by atoms with Gasteiger partial charge in [0.25, 0.3) is 0 Å². The van der Waals surface area contributed by atoms with E-state index in [9.17, 15) is 67.2 Å². The highest BCUT2D eigenvalue weighted by molar-refractivity contribution is 7.61. The average molecular weight is 1730 g/mol. The molecule has 2 amide bonds. The molecular weight excluding hydrogens is 1570 g/mol. The van der Waals surface area contributed by atoms with E-state index in [4.69, 9.17) is 23.3 Å². The van der Waals surface area contributed by atoms with Gasteiger partial charge in [-0.1, -0.05) is 182 Å². The van der Waals surface area contributed by atoms with Crippen LogP contribution in [0.2, 0.25) is 0 Å². The van der Waals surface area contributed by atoms with Crippen molar-refractivity contribution in [2.45, 2.75) is 391 Å². The first-order valence-corrected chi connectivity index (χ1v) is 46.9. The van der Waals surface area contributed by atoms with Gasteiger partial charge in [0.05, 0.1) is 19.8 Å². The third kappa shape index (κ3) is 51.9. The Morgan fingerprint density at radius 1 is 0.383 bits per heavy atom. The number of nitrogens with one attached hydrogen (secondary N) is 2. The van der Waals surface area contributed by atoms with Crippen molar-refractivity contribution >= 4 is 27.5 Å². The number of carbonyl (C=O) groups excluding carboxylic acids is 2. The van der Waals surface area contributed by atoms with E-state index in [0.29, 0.717) is 12.8 Å². The largest absolute Gasteiger partial charge is 0.483 e. The van der Waals surface area contributed by atoms with Crippen LogP contribution in [-0.2, 0) is 46.3 Å². The van der Waals surface area contributed by atoms with Crippen LogP contribution in [0.15, 0.2) is 175 Å². The first-order valence-electron chi connectivity index (χ1n) is 43.9. The first-order chi connectivity index (χ1) is 56.5. The molecule has 2 aliphatic rings. The zero-order valence-corrected chi connectivity index (χ0v) is 78.1. The molecule has 0 spiro atoms. The van der Waals surface area contributed by atoms with Gasteiger partial charge in [0, 0.05) is 6.92 Å². The number of hydrogen-bond acceptors (Lipinski definition) is 15. The Morgan fingerprint density at radius 2 is 0.658 bits per heavy atom. The third-order valence-electron chi connectivity index (χ3n) is 21.9. The summed E-state index contributed by atoms with van der Waals surface area (Å²) in [5.41, 5.74) is 21.7. The number of phosphoric ester groups is 2. The fourth-order valence-corrected chi connectivity index (χ4v) is 16.2. The Kier molecular flexibility index (Phi) is 56.5. The van der Waals surface area contributed by atoms with Crippen LogP contribution in [0.3, 0.4) is 0 Å². The van der Waals surface area contributed by atoms with Crippen molar-refractivity contribution < 1.29 is 94.8 Å². The Balaban J connectivity index is 1.64. The lowest BCUT2D eigenvalue weighted by molar-refractivity contribution is -0.326. The van der Waals surface area contributed by atoms with Gasteiger partial charge in [-0.3, -0.25) is 18.6 Å². The van der Waals surface area contributed by atoms with E-state index >= 15 is 0 Å². The molecule has 0 aromatic heterocycles. The number of amides is 2. The van der Waals surface area contributed by atoms with E-state index < -0.39 is 115 Å². The number of alkyl halides is 3. The molecule has 0 aromatic rings. The minimum atomic E-state index is -5.94. The fraction of sp³-hybridized carbons (Fsp3) is 0.667. The smallest absolute Gasteiger partial charge is 0.394 e. The van der Waals surface area contributed by atoms with Crippen molar-refractivity contribution in [3.05, 3.63) is 175 Å². The standard InChI is InChI=1S/C96H157F3N2O17P2/c1-68(2)34-19-35-69(3)36-20-37-70(4)38-21-39-71(5)40-22-41-72(6)42-23-43-73(7)44-24-45-74(8)46-25-47-75(9)48-26-49-76(10)50-27-51-77(11)52-28-53-78(12)54-29-55-79(13)56-30-57-80(14)58-31-59-81(15)60-32-61-82(16)62-33-63-83(17)64-65-113-119(109,110)118-120(111,112)117-94-88(101-95(108)96(97,98)99)91(107)92(86(67-103)115-94)116-93-87(100-84(18)104)90(106)89(105)85(66-102)114-93/h34,36,38,40,42,44,46,48,50,52,54,56,58,60,62,83,85-94,102-103,105-107H,19-33,35,37,39,41,43,45,47,49,51,53,55,57,59,61,63-67H2,1-18H3,(H,100,104)(H,101,108)(H,109,110)(H,111,112)/b69-36+,70-38+,71-40+,72-42+,73-44+,74-46+,75-48+,76-50+,77-52+,78-54+,79-56+,80-58+,81-60+,82-62+/t83?,85-,86-,87-,88-,89-,90-,91-,92-,93+,94-/m1/s1. The molecule has 0 aliphatic carbocycles. The van der Waals surface area contributed by atoms with E-state index in [1.165, 1.54) is 95.3 Å². The van der Waals surface area contributed by atoms with E-state index in [1.807, 2.05) is 6.92 Å². The molecule has 3 unspecified atom stereocenters. The number of ether oxygens (including phenoxy) is 3. The molecular formula is C96H157F3N2O17P2. The molecule has 13 atom stereocenters. The van der Waals surface area contributed by atoms with E-state index in [0.717, 1.165) is 180 Å². The molecule has 0 bridgehead atoms. The zero-order valence-electron chi connectivity index (χ0n) is 76.3. The van der Waals surface area contributed by atoms with Crippen LogP contribution in [-0.4, -0.2) is 134 Å². The van der Waals surface area contributed by atoms with Gasteiger partial charge in [0.15, 0.2) is 12.6 Å². The Hall–Kier alpha value is -5.23. The van der Waals surface area contributed by atoms with Gasteiger partial charge < -0.3 is 60.2 Å². The number of phosphoric acid groups is 2. The highest BCUT2D eigenvalue weighted by Crippen LogP contribution is 2.61. The van der Waals surface area contributed by atoms with E-state index in [-0.39, 0.29) is 12.3 Å². The number of hydrogen-bond donors (Lipinski definition) is 9. The van der Waals surface area contributed by atoms with Crippen molar-refractivity contribution in [2.24, 2.45) is 5.92 Å². The van der Waals surface area contributed by atoms with Crippen molar-refractivity contribution in [3.8, 4) is 0 Å². The number of allylic oxidation sites excluding steroid dienone is 30. The molecule has 684 valence electrons. The second kappa shape index (κ2) is 61.2. The Bertz CT molecular complexity index is 3660. The summed E-state index contributed by atoms with van der Waals surface area (Å²) in [6, 6.07) is -4.20. The van der Waals surface area contributed by atoms with Crippen molar-refractivity contribution in [3.63, 3.8) is 0 Å². The summed E-state index contributed by atoms with van der Waals surface area (Å²) in [5, 5.41) is 55.9. The minimum absolute atomic E-state index is 0.0652. The maximum atomic E-state index is 13.5. The molecule has 120 heavy (non-hydrogen) atoms. The zero-order chi connectivity index (χ0) is 90.0. The molecule has 9 N–H and O–H groups in total. The summed E-state index contributed by atoms with van der Waals surface area (Å²) in [4.78, 5) is 45.1. The monoisotopic (exact) mass is 1730 g/mol. The maximum absolute atomic E-state index is 13.5. The summed E-state index contributed by atoms with van der Waals surface area (Å²) in [6.07, 6.45) is 46.0. The van der Waals surface area contributed by atoms with Crippen LogP contribution >= 0.6 is 15.6 Å². The molecule has 0 radical (unpaired) electrons. The lowest BCUT2D eigenvalue weighted by Gasteiger charge is -2.48. The first kappa shape index (κ1) is 111. The summed E-state index contributed by atoms with van der Waals surface area (Å²) < 4.78 is 97.2. The summed E-state index contributed by atoms with van der Waals surface area (Å²) in [7, 11) is -11.4. The molecule has 24 heteroatoms. The van der Waals surface area contributed by atoms with Gasteiger partial charge in [-0.15, -0.1) is 0 Å².